The van der Waals surface area contributed by atoms with E-state index < -0.39 is 12.7 Å². The fourth-order valence-corrected chi connectivity index (χ4v) is 3.22. The second-order valence-electron chi connectivity index (χ2n) is 5.25. The molecule has 1 aliphatic heterocycles. The Hall–Kier alpha value is -0.290. The number of hydrogen-bond acceptors (Lipinski definition) is 2. The van der Waals surface area contributed by atoms with Gasteiger partial charge in [-0.2, -0.15) is 13.2 Å². The molecule has 5 heteroatoms. The molecule has 2 aliphatic rings. The Bertz CT molecular complexity index is 236. The Morgan fingerprint density at radius 3 is 2.47 bits per heavy atom. The monoisotopic (exact) mass is 250 g/mol. The van der Waals surface area contributed by atoms with Crippen molar-refractivity contribution in [3.63, 3.8) is 0 Å². The van der Waals surface area contributed by atoms with E-state index in [0.29, 0.717) is 12.0 Å². The van der Waals surface area contributed by atoms with Crippen LogP contribution in [0.4, 0.5) is 13.2 Å². The van der Waals surface area contributed by atoms with Crippen molar-refractivity contribution in [1.29, 1.82) is 0 Å². The molecular weight excluding hydrogens is 229 g/mol. The van der Waals surface area contributed by atoms with E-state index in [0.717, 1.165) is 45.1 Å². The lowest BCUT2D eigenvalue weighted by molar-refractivity contribution is -0.127. The third-order valence-corrected chi connectivity index (χ3v) is 4.00. The Morgan fingerprint density at radius 2 is 1.82 bits per heavy atom. The van der Waals surface area contributed by atoms with Crippen LogP contribution in [0.15, 0.2) is 0 Å². The number of rotatable bonds is 3. The predicted octanol–water partition coefficient (Wildman–Crippen LogP) is 2.45. The van der Waals surface area contributed by atoms with Gasteiger partial charge >= 0.3 is 6.18 Å². The van der Waals surface area contributed by atoms with Crippen molar-refractivity contribution in [1.82, 2.24) is 10.6 Å². The summed E-state index contributed by atoms with van der Waals surface area (Å²) in [5.74, 6) is 0.383. The smallest absolute Gasteiger partial charge is 0.314 e. The van der Waals surface area contributed by atoms with Crippen LogP contribution in [0.3, 0.4) is 0 Å². The molecule has 100 valence electrons. The van der Waals surface area contributed by atoms with Crippen molar-refractivity contribution in [3.05, 3.63) is 0 Å². The van der Waals surface area contributed by atoms with E-state index >= 15 is 0 Å². The molecule has 0 aromatic carbocycles. The second-order valence-corrected chi connectivity index (χ2v) is 5.25. The zero-order valence-corrected chi connectivity index (χ0v) is 10.0. The van der Waals surface area contributed by atoms with Gasteiger partial charge in [0.15, 0.2) is 0 Å². The first-order chi connectivity index (χ1) is 8.06. The molecule has 1 saturated heterocycles. The minimum absolute atomic E-state index is 0.0426. The van der Waals surface area contributed by atoms with Crippen molar-refractivity contribution in [2.24, 2.45) is 5.92 Å². The van der Waals surface area contributed by atoms with Crippen molar-refractivity contribution >= 4 is 0 Å². The zero-order valence-electron chi connectivity index (χ0n) is 10.0. The standard InChI is InChI=1S/C12H21F3N2/c13-12(14,15)8-17-11-5-2-1-4-9(11)10-6-3-7-16-10/h9-11,16-17H,1-8H2. The molecule has 0 amide bonds. The van der Waals surface area contributed by atoms with E-state index in [1.165, 1.54) is 0 Å². The van der Waals surface area contributed by atoms with E-state index in [-0.39, 0.29) is 6.04 Å². The molecule has 1 saturated carbocycles. The van der Waals surface area contributed by atoms with Crippen molar-refractivity contribution in [3.8, 4) is 0 Å². The van der Waals surface area contributed by atoms with E-state index in [4.69, 9.17) is 0 Å². The van der Waals surface area contributed by atoms with Crippen LogP contribution in [0.5, 0.6) is 0 Å². The third kappa shape index (κ3) is 3.85. The maximum Gasteiger partial charge on any atom is 0.401 e. The molecule has 17 heavy (non-hydrogen) atoms. The van der Waals surface area contributed by atoms with Crippen LogP contribution in [0.2, 0.25) is 0 Å². The first-order valence-corrected chi connectivity index (χ1v) is 6.60. The molecule has 1 heterocycles. The second kappa shape index (κ2) is 5.57. The van der Waals surface area contributed by atoms with E-state index in [1.807, 2.05) is 0 Å². The molecule has 0 bridgehead atoms. The third-order valence-electron chi connectivity index (χ3n) is 4.00. The van der Waals surface area contributed by atoms with E-state index in [2.05, 4.69) is 10.6 Å². The van der Waals surface area contributed by atoms with Crippen LogP contribution in [0.25, 0.3) is 0 Å². The van der Waals surface area contributed by atoms with Crippen LogP contribution in [0, 0.1) is 5.92 Å². The minimum atomic E-state index is -4.09. The van der Waals surface area contributed by atoms with Gasteiger partial charge in [-0.1, -0.05) is 12.8 Å². The molecular formula is C12H21F3N2. The highest BCUT2D eigenvalue weighted by Gasteiger charge is 2.35. The van der Waals surface area contributed by atoms with E-state index in [9.17, 15) is 13.2 Å². The van der Waals surface area contributed by atoms with Gasteiger partial charge in [0.05, 0.1) is 6.54 Å². The normalized spacial score (nSPS) is 35.1. The summed E-state index contributed by atoms with van der Waals surface area (Å²) >= 11 is 0. The van der Waals surface area contributed by atoms with Crippen molar-refractivity contribution in [2.75, 3.05) is 13.1 Å². The maximum atomic E-state index is 12.2. The number of alkyl halides is 3. The SMILES string of the molecule is FC(F)(F)CNC1CCCCC1C1CCCN1. The lowest BCUT2D eigenvalue weighted by atomic mass is 9.79. The first kappa shape index (κ1) is 13.1. The summed E-state index contributed by atoms with van der Waals surface area (Å²) in [6.07, 6.45) is 2.35. The molecule has 2 N–H and O–H groups in total. The Kier molecular flexibility index (Phi) is 4.31. The number of halogens is 3. The Morgan fingerprint density at radius 1 is 1.06 bits per heavy atom. The quantitative estimate of drug-likeness (QED) is 0.804. The fraction of sp³-hybridized carbons (Fsp3) is 1.00. The molecule has 0 aromatic rings. The van der Waals surface area contributed by atoms with Gasteiger partial charge in [0.1, 0.15) is 0 Å². The molecule has 1 aliphatic carbocycles. The van der Waals surface area contributed by atoms with Gasteiger partial charge in [-0.05, 0) is 38.1 Å². The fourth-order valence-electron chi connectivity index (χ4n) is 3.22. The summed E-state index contributed by atoms with van der Waals surface area (Å²) in [7, 11) is 0. The number of hydrogen-bond donors (Lipinski definition) is 2. The van der Waals surface area contributed by atoms with Gasteiger partial charge in [0, 0.05) is 12.1 Å². The van der Waals surface area contributed by atoms with Crippen LogP contribution < -0.4 is 10.6 Å². The molecule has 2 nitrogen and oxygen atoms in total. The summed E-state index contributed by atoms with van der Waals surface area (Å²) in [4.78, 5) is 0. The van der Waals surface area contributed by atoms with Crippen LogP contribution in [0.1, 0.15) is 38.5 Å². The predicted molar refractivity (Wildman–Crippen MR) is 60.8 cm³/mol. The summed E-state index contributed by atoms with van der Waals surface area (Å²) in [6.45, 7) is 0.175. The molecule has 3 atom stereocenters. The average Bonchev–Trinajstić information content (AvgIpc) is 2.79. The summed E-state index contributed by atoms with van der Waals surface area (Å²) < 4.78 is 36.7. The van der Waals surface area contributed by atoms with Gasteiger partial charge in [0.2, 0.25) is 0 Å². The maximum absolute atomic E-state index is 12.2. The Labute approximate surface area is 100 Å². The van der Waals surface area contributed by atoms with Gasteiger partial charge in [-0.3, -0.25) is 0 Å². The summed E-state index contributed by atoms with van der Waals surface area (Å²) in [5, 5.41) is 6.16. The summed E-state index contributed by atoms with van der Waals surface area (Å²) in [5.41, 5.74) is 0. The lowest BCUT2D eigenvalue weighted by Gasteiger charge is -2.36. The van der Waals surface area contributed by atoms with Crippen molar-refractivity contribution < 1.29 is 13.2 Å². The average molecular weight is 250 g/mol. The van der Waals surface area contributed by atoms with Crippen LogP contribution >= 0.6 is 0 Å². The molecule has 0 aromatic heterocycles. The number of nitrogens with one attached hydrogen (secondary N) is 2. The zero-order chi connectivity index (χ0) is 12.3. The van der Waals surface area contributed by atoms with Gasteiger partial charge in [-0.15, -0.1) is 0 Å². The summed E-state index contributed by atoms with van der Waals surface area (Å²) in [6, 6.07) is 0.474. The molecule has 2 rings (SSSR count). The molecule has 0 spiro atoms. The van der Waals surface area contributed by atoms with Crippen molar-refractivity contribution in [2.45, 2.75) is 56.8 Å². The van der Waals surface area contributed by atoms with Gasteiger partial charge < -0.3 is 10.6 Å². The minimum Gasteiger partial charge on any atom is -0.314 e. The first-order valence-electron chi connectivity index (χ1n) is 6.60. The highest BCUT2D eigenvalue weighted by molar-refractivity contribution is 4.91. The molecule has 0 radical (unpaired) electrons. The molecule has 3 unspecified atom stereocenters. The van der Waals surface area contributed by atoms with Crippen LogP contribution in [-0.4, -0.2) is 31.3 Å². The topological polar surface area (TPSA) is 24.1 Å². The highest BCUT2D eigenvalue weighted by atomic mass is 19.4. The van der Waals surface area contributed by atoms with E-state index in [1.54, 1.807) is 0 Å². The van der Waals surface area contributed by atoms with Crippen LogP contribution in [-0.2, 0) is 0 Å². The Balaban J connectivity index is 1.87. The molecule has 2 fully saturated rings. The largest absolute Gasteiger partial charge is 0.401 e. The lowest BCUT2D eigenvalue weighted by Crippen LogP contribution is -2.49. The van der Waals surface area contributed by atoms with Gasteiger partial charge in [0.25, 0.3) is 0 Å². The highest BCUT2D eigenvalue weighted by Crippen LogP contribution is 2.31. The van der Waals surface area contributed by atoms with Gasteiger partial charge in [-0.25, -0.2) is 0 Å².